The number of rotatable bonds is 9. The highest BCUT2D eigenvalue weighted by Crippen LogP contribution is 2.37. The Hall–Kier alpha value is -3.91. The molecule has 0 radical (unpaired) electrons. The number of anilines is 2. The first-order valence-electron chi connectivity index (χ1n) is 15.7. The van der Waals surface area contributed by atoms with E-state index in [1.165, 1.54) is 0 Å². The Bertz CT molecular complexity index is 1600. The second kappa shape index (κ2) is 14.0. The largest absolute Gasteiger partial charge is 0.462 e. The number of fused-ring (bicyclic) bond motifs is 2. The van der Waals surface area contributed by atoms with E-state index in [1.807, 2.05) is 12.1 Å². The Morgan fingerprint density at radius 1 is 1.11 bits per heavy atom. The van der Waals surface area contributed by atoms with E-state index in [2.05, 4.69) is 50.9 Å². The minimum atomic E-state index is -0.254. The number of likely N-dealkylation sites (N-methyl/N-ethyl adjacent to an activating group) is 1. The molecular weight excluding hydrogens is 590 g/mol. The molecule has 2 atom stereocenters. The summed E-state index contributed by atoms with van der Waals surface area (Å²) in [5, 5.41) is 2.88. The van der Waals surface area contributed by atoms with Gasteiger partial charge in [-0.2, -0.15) is 9.97 Å². The van der Waals surface area contributed by atoms with Crippen LogP contribution in [0.4, 0.5) is 11.5 Å². The molecule has 0 N–H and O–H groups in total. The molecule has 0 spiro atoms. The molecule has 4 heterocycles. The standard InChI is InChI=1S/C34H40ClN7O3/c1-36-20-26-21-41(17-18-42(26)31(43)13-7-19-44-3)33-27-14-16-40(30-12-5-9-24-8-4-11-28(35)32(24)30)22-29(27)37-34(38-33)45-23-25-10-6-15-39(25)2/h4-5,7-9,11-13,25-26H,6,10,14-23H2,2-3H3/b13-7+/t25-,26-/m0/s1. The van der Waals surface area contributed by atoms with E-state index in [-0.39, 0.29) is 18.5 Å². The first-order valence-corrected chi connectivity index (χ1v) is 16.0. The van der Waals surface area contributed by atoms with E-state index in [4.69, 9.17) is 37.6 Å². The van der Waals surface area contributed by atoms with Gasteiger partial charge in [-0.05, 0) is 50.4 Å². The topological polar surface area (TPSA) is 78.6 Å². The summed E-state index contributed by atoms with van der Waals surface area (Å²) < 4.78 is 11.4. The minimum absolute atomic E-state index is 0.0980. The third kappa shape index (κ3) is 6.71. The SMILES string of the molecule is [C-]#[N+]C[C@H]1CN(c2nc(OC[C@@H]3CCCN3C)nc3c2CCN(c2cccc4cccc(Cl)c24)C3)CCN1C(=O)/C=C/COC. The number of likely N-dealkylation sites (tertiary alicyclic amines) is 1. The number of benzene rings is 2. The highest BCUT2D eigenvalue weighted by atomic mass is 35.5. The average molecular weight is 630 g/mol. The van der Waals surface area contributed by atoms with Crippen LogP contribution in [0.2, 0.25) is 5.02 Å². The molecule has 11 heteroatoms. The van der Waals surface area contributed by atoms with Gasteiger partial charge in [0.05, 0.1) is 23.9 Å². The fraction of sp³-hybridized carbons (Fsp3) is 0.471. The minimum Gasteiger partial charge on any atom is -0.462 e. The lowest BCUT2D eigenvalue weighted by Crippen LogP contribution is -2.56. The summed E-state index contributed by atoms with van der Waals surface area (Å²) in [5.41, 5.74) is 3.13. The van der Waals surface area contributed by atoms with Gasteiger partial charge in [0.2, 0.25) is 12.5 Å². The van der Waals surface area contributed by atoms with Crippen LogP contribution in [0.1, 0.15) is 24.1 Å². The number of halogens is 1. The van der Waals surface area contributed by atoms with Crippen LogP contribution < -0.4 is 14.5 Å². The summed E-state index contributed by atoms with van der Waals surface area (Å²) in [6.07, 6.45) is 6.27. The highest BCUT2D eigenvalue weighted by Gasteiger charge is 2.35. The normalized spacial score (nSPS) is 20.5. The fourth-order valence-electron chi connectivity index (χ4n) is 6.76. The zero-order chi connectivity index (χ0) is 31.3. The maximum atomic E-state index is 13.0. The van der Waals surface area contributed by atoms with Gasteiger partial charge < -0.3 is 33.9 Å². The summed E-state index contributed by atoms with van der Waals surface area (Å²) in [6, 6.07) is 12.8. The van der Waals surface area contributed by atoms with E-state index in [1.54, 1.807) is 24.2 Å². The van der Waals surface area contributed by atoms with Crippen LogP contribution in [0.25, 0.3) is 15.6 Å². The van der Waals surface area contributed by atoms with Crippen molar-refractivity contribution < 1.29 is 14.3 Å². The lowest BCUT2D eigenvalue weighted by Gasteiger charge is -2.41. The zero-order valence-electron chi connectivity index (χ0n) is 26.0. The number of methoxy groups -OCH3 is 1. The summed E-state index contributed by atoms with van der Waals surface area (Å²) in [4.78, 5) is 35.4. The molecule has 6 rings (SSSR count). The number of hydrogen-bond acceptors (Lipinski definition) is 8. The average Bonchev–Trinajstić information content (AvgIpc) is 3.47. The fourth-order valence-corrected chi connectivity index (χ4v) is 7.04. The van der Waals surface area contributed by atoms with Gasteiger partial charge in [-0.1, -0.05) is 41.9 Å². The predicted octanol–water partition coefficient (Wildman–Crippen LogP) is 4.46. The Kier molecular flexibility index (Phi) is 9.69. The zero-order valence-corrected chi connectivity index (χ0v) is 26.7. The Balaban J connectivity index is 1.31. The summed E-state index contributed by atoms with van der Waals surface area (Å²) in [5.74, 6) is 0.751. The molecule has 10 nitrogen and oxygen atoms in total. The van der Waals surface area contributed by atoms with E-state index in [0.29, 0.717) is 51.4 Å². The molecule has 0 saturated carbocycles. The molecule has 2 fully saturated rings. The quantitative estimate of drug-likeness (QED) is 0.254. The maximum absolute atomic E-state index is 13.0. The van der Waals surface area contributed by atoms with Crippen LogP contribution in [0, 0.1) is 6.57 Å². The monoisotopic (exact) mass is 629 g/mol. The van der Waals surface area contributed by atoms with Crippen molar-refractivity contribution in [2.45, 2.75) is 37.9 Å². The molecule has 2 aromatic carbocycles. The van der Waals surface area contributed by atoms with Crippen LogP contribution in [0.5, 0.6) is 6.01 Å². The number of amides is 1. The molecule has 3 aliphatic heterocycles. The van der Waals surface area contributed by atoms with Gasteiger partial charge in [-0.25, -0.2) is 6.57 Å². The number of aromatic nitrogens is 2. The molecule has 45 heavy (non-hydrogen) atoms. The number of piperazine rings is 1. The summed E-state index contributed by atoms with van der Waals surface area (Å²) in [6.45, 7) is 12.8. The molecule has 1 amide bonds. The number of carbonyl (C=O) groups is 1. The summed E-state index contributed by atoms with van der Waals surface area (Å²) >= 11 is 6.72. The van der Waals surface area contributed by atoms with Crippen molar-refractivity contribution in [3.63, 3.8) is 0 Å². The van der Waals surface area contributed by atoms with Crippen molar-refractivity contribution >= 4 is 39.8 Å². The molecule has 3 aromatic rings. The summed E-state index contributed by atoms with van der Waals surface area (Å²) in [7, 11) is 3.73. The molecule has 0 aliphatic carbocycles. The smallest absolute Gasteiger partial charge is 0.318 e. The van der Waals surface area contributed by atoms with Crippen LogP contribution in [0.15, 0.2) is 48.6 Å². The van der Waals surface area contributed by atoms with Crippen molar-refractivity contribution in [3.05, 3.63) is 76.2 Å². The molecule has 2 saturated heterocycles. The van der Waals surface area contributed by atoms with Gasteiger partial charge >= 0.3 is 6.01 Å². The number of hydrogen-bond donors (Lipinski definition) is 0. The van der Waals surface area contributed by atoms with Crippen LogP contribution in [-0.4, -0.2) is 104 Å². The van der Waals surface area contributed by atoms with Crippen LogP contribution in [0.3, 0.4) is 0 Å². The van der Waals surface area contributed by atoms with E-state index >= 15 is 0 Å². The van der Waals surface area contributed by atoms with Crippen molar-refractivity contribution in [3.8, 4) is 6.01 Å². The molecule has 236 valence electrons. The van der Waals surface area contributed by atoms with Gasteiger partial charge in [0.1, 0.15) is 18.5 Å². The Labute approximate surface area is 270 Å². The van der Waals surface area contributed by atoms with Crippen molar-refractivity contribution in [2.24, 2.45) is 0 Å². The maximum Gasteiger partial charge on any atom is 0.318 e. The van der Waals surface area contributed by atoms with Crippen molar-refractivity contribution in [1.82, 2.24) is 19.8 Å². The van der Waals surface area contributed by atoms with Gasteiger partial charge in [-0.3, -0.25) is 4.79 Å². The lowest BCUT2D eigenvalue weighted by atomic mass is 10.0. The molecule has 0 bridgehead atoms. The second-order valence-corrected chi connectivity index (χ2v) is 12.4. The number of nitrogens with zero attached hydrogens (tertiary/aromatic N) is 7. The van der Waals surface area contributed by atoms with Crippen molar-refractivity contribution in [1.29, 1.82) is 0 Å². The molecular formula is C34H40ClN7O3. The Morgan fingerprint density at radius 3 is 2.73 bits per heavy atom. The molecule has 1 aromatic heterocycles. The lowest BCUT2D eigenvalue weighted by molar-refractivity contribution is -0.128. The third-order valence-electron chi connectivity index (χ3n) is 9.16. The number of carbonyl (C=O) groups excluding carboxylic acids is 1. The van der Waals surface area contributed by atoms with Crippen LogP contribution >= 0.6 is 11.6 Å². The predicted molar refractivity (Wildman–Crippen MR) is 177 cm³/mol. The van der Waals surface area contributed by atoms with Gasteiger partial charge in [0.15, 0.2) is 0 Å². The van der Waals surface area contributed by atoms with Crippen molar-refractivity contribution in [2.75, 3.05) is 76.4 Å². The van der Waals surface area contributed by atoms with E-state index in [9.17, 15) is 4.79 Å². The van der Waals surface area contributed by atoms with Crippen LogP contribution in [-0.2, 0) is 22.5 Å². The highest BCUT2D eigenvalue weighted by molar-refractivity contribution is 6.36. The number of ether oxygens (including phenoxy) is 2. The van der Waals surface area contributed by atoms with Gasteiger partial charge in [-0.15, -0.1) is 0 Å². The van der Waals surface area contributed by atoms with Gasteiger partial charge in [0.25, 0.3) is 0 Å². The van der Waals surface area contributed by atoms with E-state index < -0.39 is 0 Å². The third-order valence-corrected chi connectivity index (χ3v) is 9.48. The first kappa shape index (κ1) is 31.1. The molecule has 0 unspecified atom stereocenters. The second-order valence-electron chi connectivity index (χ2n) is 12.0. The van der Waals surface area contributed by atoms with E-state index in [0.717, 1.165) is 70.9 Å². The first-order chi connectivity index (χ1) is 22.0. The van der Waals surface area contributed by atoms with Gasteiger partial charge in [0, 0.05) is 62.0 Å². The molecule has 3 aliphatic rings. The Morgan fingerprint density at radius 2 is 1.96 bits per heavy atom.